The number of aromatic nitrogens is 3. The third-order valence-corrected chi connectivity index (χ3v) is 5.54. The normalized spacial score (nSPS) is 16.7. The van der Waals surface area contributed by atoms with Crippen LogP contribution in [0.1, 0.15) is 43.3 Å². The summed E-state index contributed by atoms with van der Waals surface area (Å²) in [4.78, 5) is 14.7. The van der Waals surface area contributed by atoms with Crippen LogP contribution in [0.25, 0.3) is 22.3 Å². The number of fused-ring (bicyclic) bond motifs is 2. The number of nitrogens with one attached hydrogen (secondary N) is 3. The highest BCUT2D eigenvalue weighted by molar-refractivity contribution is 5.86. The van der Waals surface area contributed by atoms with E-state index in [2.05, 4.69) is 45.1 Å². The highest BCUT2D eigenvalue weighted by Crippen LogP contribution is 2.38. The number of aliphatic hydroxyl groups is 1. The van der Waals surface area contributed by atoms with Crippen LogP contribution in [0.3, 0.4) is 0 Å². The minimum absolute atomic E-state index is 0.0517. The Kier molecular flexibility index (Phi) is 4.72. The van der Waals surface area contributed by atoms with Gasteiger partial charge in [0.05, 0.1) is 19.3 Å². The maximum atomic E-state index is 11.2. The third kappa shape index (κ3) is 3.55. The molecule has 0 bridgehead atoms. The van der Waals surface area contributed by atoms with Crippen LogP contribution >= 0.6 is 0 Å². The number of carbonyl (C=O) groups excluding carboxylic acids is 1. The van der Waals surface area contributed by atoms with Crippen LogP contribution in [-0.2, 0) is 22.4 Å². The summed E-state index contributed by atoms with van der Waals surface area (Å²) in [6, 6.07) is 7.73. The summed E-state index contributed by atoms with van der Waals surface area (Å²) in [7, 11) is 1.32. The largest absolute Gasteiger partial charge is 0.468 e. The van der Waals surface area contributed by atoms with Crippen molar-refractivity contribution in [2.45, 2.75) is 39.3 Å². The number of methoxy groups -OCH3 is 1. The van der Waals surface area contributed by atoms with Gasteiger partial charge in [-0.05, 0) is 48.4 Å². The number of aliphatic hydroxyl groups excluding tert-OH is 1. The standard InChI is InChI=1S/C21H26N4O3/c1-21(2)7-6-14-17(10-21)24-25-19(14)16-9-13-8-12(4-5-15(13)23-16)20(27)22-11-18(26)28-3/h4-5,8-9,20,22-23,27H,6-7,10-11H2,1-3H3,(H,24,25). The molecule has 2 heterocycles. The van der Waals surface area contributed by atoms with Crippen molar-refractivity contribution >= 4 is 16.9 Å². The summed E-state index contributed by atoms with van der Waals surface area (Å²) in [6.45, 7) is 4.53. The van der Waals surface area contributed by atoms with Crippen molar-refractivity contribution in [3.05, 3.63) is 41.1 Å². The molecule has 1 aliphatic carbocycles. The molecule has 2 aromatic heterocycles. The molecule has 148 valence electrons. The molecular weight excluding hydrogens is 356 g/mol. The van der Waals surface area contributed by atoms with Crippen LogP contribution in [0.2, 0.25) is 0 Å². The van der Waals surface area contributed by atoms with E-state index in [4.69, 9.17) is 0 Å². The Hall–Kier alpha value is -2.64. The summed E-state index contributed by atoms with van der Waals surface area (Å²) in [5.41, 5.74) is 6.45. The van der Waals surface area contributed by atoms with E-state index in [1.807, 2.05) is 18.2 Å². The molecule has 7 nitrogen and oxygen atoms in total. The first-order valence-corrected chi connectivity index (χ1v) is 9.54. The van der Waals surface area contributed by atoms with Crippen molar-refractivity contribution in [2.75, 3.05) is 13.7 Å². The molecule has 0 fully saturated rings. The van der Waals surface area contributed by atoms with E-state index in [0.717, 1.165) is 41.6 Å². The van der Waals surface area contributed by atoms with Gasteiger partial charge >= 0.3 is 5.97 Å². The Morgan fingerprint density at radius 3 is 3.00 bits per heavy atom. The molecule has 4 rings (SSSR count). The number of nitrogens with zero attached hydrogens (tertiary/aromatic N) is 1. The minimum Gasteiger partial charge on any atom is -0.468 e. The van der Waals surface area contributed by atoms with Gasteiger partial charge in [0.2, 0.25) is 0 Å². The van der Waals surface area contributed by atoms with Gasteiger partial charge in [-0.25, -0.2) is 0 Å². The van der Waals surface area contributed by atoms with E-state index < -0.39 is 12.2 Å². The van der Waals surface area contributed by atoms with E-state index in [1.54, 1.807) is 0 Å². The van der Waals surface area contributed by atoms with Crippen molar-refractivity contribution in [1.29, 1.82) is 0 Å². The van der Waals surface area contributed by atoms with E-state index in [1.165, 1.54) is 18.4 Å². The van der Waals surface area contributed by atoms with Gasteiger partial charge in [-0.2, -0.15) is 5.10 Å². The van der Waals surface area contributed by atoms with Crippen molar-refractivity contribution in [3.63, 3.8) is 0 Å². The molecule has 1 aliphatic rings. The molecular formula is C21H26N4O3. The SMILES string of the molecule is COC(=O)CNC(O)c1ccc2[nH]c(-c3n[nH]c4c3CCC(C)(C)C4)cc2c1. The van der Waals surface area contributed by atoms with Crippen LogP contribution in [0, 0.1) is 5.41 Å². The highest BCUT2D eigenvalue weighted by Gasteiger charge is 2.29. The topological polar surface area (TPSA) is 103 Å². The van der Waals surface area contributed by atoms with Crippen LogP contribution in [-0.4, -0.2) is 39.9 Å². The number of esters is 1. The first-order chi connectivity index (χ1) is 13.4. The highest BCUT2D eigenvalue weighted by atomic mass is 16.5. The number of ether oxygens (including phenoxy) is 1. The van der Waals surface area contributed by atoms with Crippen molar-refractivity contribution in [2.24, 2.45) is 5.41 Å². The fourth-order valence-electron chi connectivity index (χ4n) is 3.89. The quantitative estimate of drug-likeness (QED) is 0.401. The predicted octanol–water partition coefficient (Wildman–Crippen LogP) is 2.83. The van der Waals surface area contributed by atoms with Crippen LogP contribution in [0.4, 0.5) is 0 Å². The van der Waals surface area contributed by atoms with E-state index in [9.17, 15) is 9.90 Å². The molecule has 0 saturated heterocycles. The zero-order chi connectivity index (χ0) is 19.9. The molecule has 0 saturated carbocycles. The second kappa shape index (κ2) is 7.07. The summed E-state index contributed by atoms with van der Waals surface area (Å²) >= 11 is 0. The number of carbonyl (C=O) groups is 1. The average molecular weight is 382 g/mol. The van der Waals surface area contributed by atoms with Gasteiger partial charge in [-0.1, -0.05) is 19.9 Å². The Morgan fingerprint density at radius 1 is 1.39 bits per heavy atom. The molecule has 0 aliphatic heterocycles. The molecule has 28 heavy (non-hydrogen) atoms. The second-order valence-corrected chi connectivity index (χ2v) is 8.26. The molecule has 0 radical (unpaired) electrons. The molecule has 4 N–H and O–H groups in total. The number of benzene rings is 1. The molecule has 1 unspecified atom stereocenters. The van der Waals surface area contributed by atoms with Gasteiger partial charge in [-0.15, -0.1) is 0 Å². The van der Waals surface area contributed by atoms with Gasteiger partial charge in [0, 0.05) is 22.2 Å². The van der Waals surface area contributed by atoms with E-state index >= 15 is 0 Å². The number of H-pyrrole nitrogens is 2. The third-order valence-electron chi connectivity index (χ3n) is 5.54. The van der Waals surface area contributed by atoms with Crippen LogP contribution in [0.5, 0.6) is 0 Å². The van der Waals surface area contributed by atoms with Crippen molar-refractivity contribution in [1.82, 2.24) is 20.5 Å². The van der Waals surface area contributed by atoms with Crippen LogP contribution < -0.4 is 5.32 Å². The summed E-state index contributed by atoms with van der Waals surface area (Å²) in [5.74, 6) is -0.421. The van der Waals surface area contributed by atoms with Gasteiger partial charge in [0.25, 0.3) is 0 Å². The van der Waals surface area contributed by atoms with Gasteiger partial charge in [0.1, 0.15) is 11.9 Å². The molecule has 0 spiro atoms. The summed E-state index contributed by atoms with van der Waals surface area (Å²) in [6.07, 6.45) is 2.24. The first kappa shape index (κ1) is 18.7. The Labute approximate surface area is 163 Å². The van der Waals surface area contributed by atoms with E-state index in [0.29, 0.717) is 11.0 Å². The fourth-order valence-corrected chi connectivity index (χ4v) is 3.89. The Balaban J connectivity index is 1.59. The number of aromatic amines is 2. The van der Waals surface area contributed by atoms with Gasteiger partial charge < -0.3 is 14.8 Å². The van der Waals surface area contributed by atoms with Crippen molar-refractivity contribution < 1.29 is 14.6 Å². The first-order valence-electron chi connectivity index (χ1n) is 9.54. The lowest BCUT2D eigenvalue weighted by Gasteiger charge is -2.28. The van der Waals surface area contributed by atoms with Crippen LogP contribution in [0.15, 0.2) is 24.3 Å². The fraction of sp³-hybridized carbons (Fsp3) is 0.429. The lowest BCUT2D eigenvalue weighted by molar-refractivity contribution is -0.140. The predicted molar refractivity (Wildman–Crippen MR) is 107 cm³/mol. The maximum absolute atomic E-state index is 11.2. The Morgan fingerprint density at radius 2 is 2.21 bits per heavy atom. The van der Waals surface area contributed by atoms with Gasteiger partial charge in [0.15, 0.2) is 0 Å². The van der Waals surface area contributed by atoms with Gasteiger partial charge in [-0.3, -0.25) is 15.2 Å². The maximum Gasteiger partial charge on any atom is 0.319 e. The van der Waals surface area contributed by atoms with E-state index in [-0.39, 0.29) is 6.54 Å². The number of hydrogen-bond acceptors (Lipinski definition) is 5. The zero-order valence-electron chi connectivity index (χ0n) is 16.4. The van der Waals surface area contributed by atoms with Crippen molar-refractivity contribution in [3.8, 4) is 11.4 Å². The molecule has 3 aromatic rings. The average Bonchev–Trinajstić information content (AvgIpc) is 3.27. The molecule has 0 amide bonds. The molecule has 7 heteroatoms. The minimum atomic E-state index is -0.942. The summed E-state index contributed by atoms with van der Waals surface area (Å²) in [5, 5.41) is 21.8. The summed E-state index contributed by atoms with van der Waals surface area (Å²) < 4.78 is 4.58. The smallest absolute Gasteiger partial charge is 0.319 e. The lowest BCUT2D eigenvalue weighted by atomic mass is 9.76. The zero-order valence-corrected chi connectivity index (χ0v) is 16.4. The number of rotatable bonds is 5. The lowest BCUT2D eigenvalue weighted by Crippen LogP contribution is -2.28. The number of hydrogen-bond donors (Lipinski definition) is 4. The molecule has 1 atom stereocenters. The second-order valence-electron chi connectivity index (χ2n) is 8.26. The molecule has 1 aromatic carbocycles. The monoisotopic (exact) mass is 382 g/mol. The Bertz CT molecular complexity index is 1020.